The van der Waals surface area contributed by atoms with Crippen molar-refractivity contribution in [1.82, 2.24) is 0 Å². The first-order chi connectivity index (χ1) is 7.15. The first-order valence-corrected chi connectivity index (χ1v) is 5.50. The number of carbonyl (C=O) groups is 1. The fraction of sp³-hybridized carbons (Fsp3) is 0.364. The summed E-state index contributed by atoms with van der Waals surface area (Å²) >= 11 is 3.20. The van der Waals surface area contributed by atoms with E-state index in [1.807, 2.05) is 6.92 Å². The van der Waals surface area contributed by atoms with Crippen LogP contribution in [0, 0.1) is 5.82 Å². The maximum absolute atomic E-state index is 12.9. The summed E-state index contributed by atoms with van der Waals surface area (Å²) in [7, 11) is 0. The Hall–Kier alpha value is -0.740. The molecule has 0 fully saturated rings. The van der Waals surface area contributed by atoms with Gasteiger partial charge in [-0.05, 0) is 24.6 Å². The molecular formula is C11H12BrFO2. The standard InChI is InChI=1S/C11H12BrFO2/c1-2-5-15-7-11(14)9-6-8(13)3-4-10(9)12/h3-4,6H,2,5,7H2,1H3. The molecule has 0 saturated heterocycles. The molecule has 0 heterocycles. The summed E-state index contributed by atoms with van der Waals surface area (Å²) in [6.07, 6.45) is 0.859. The highest BCUT2D eigenvalue weighted by molar-refractivity contribution is 9.10. The second-order valence-electron chi connectivity index (χ2n) is 3.10. The minimum Gasteiger partial charge on any atom is -0.373 e. The van der Waals surface area contributed by atoms with Crippen molar-refractivity contribution in [2.45, 2.75) is 13.3 Å². The topological polar surface area (TPSA) is 26.3 Å². The minimum absolute atomic E-state index is 0.00407. The van der Waals surface area contributed by atoms with E-state index >= 15 is 0 Å². The highest BCUT2D eigenvalue weighted by atomic mass is 79.9. The summed E-state index contributed by atoms with van der Waals surface area (Å²) in [5, 5.41) is 0. The molecule has 0 spiro atoms. The molecule has 0 aliphatic carbocycles. The van der Waals surface area contributed by atoms with E-state index in [0.717, 1.165) is 6.42 Å². The van der Waals surface area contributed by atoms with Crippen molar-refractivity contribution in [2.24, 2.45) is 0 Å². The molecular weight excluding hydrogens is 263 g/mol. The zero-order valence-corrected chi connectivity index (χ0v) is 10.0. The van der Waals surface area contributed by atoms with Gasteiger partial charge in [-0.2, -0.15) is 0 Å². The van der Waals surface area contributed by atoms with Gasteiger partial charge in [-0.1, -0.05) is 22.9 Å². The molecule has 15 heavy (non-hydrogen) atoms. The number of ether oxygens (including phenoxy) is 1. The molecule has 1 rings (SSSR count). The van der Waals surface area contributed by atoms with E-state index in [1.54, 1.807) is 0 Å². The Bertz CT molecular complexity index is 352. The zero-order chi connectivity index (χ0) is 11.3. The molecule has 0 saturated carbocycles. The predicted molar refractivity (Wildman–Crippen MR) is 59.5 cm³/mol. The molecule has 2 nitrogen and oxygen atoms in total. The minimum atomic E-state index is -0.419. The molecule has 1 aromatic rings. The molecule has 0 amide bonds. The van der Waals surface area contributed by atoms with Crippen LogP contribution in [0.2, 0.25) is 0 Å². The molecule has 0 aromatic heterocycles. The number of hydrogen-bond donors (Lipinski definition) is 0. The Labute approximate surface area is 96.6 Å². The van der Waals surface area contributed by atoms with Crippen LogP contribution in [-0.4, -0.2) is 19.0 Å². The number of ketones is 1. The van der Waals surface area contributed by atoms with E-state index < -0.39 is 5.82 Å². The molecule has 82 valence electrons. The van der Waals surface area contributed by atoms with Gasteiger partial charge in [0.15, 0.2) is 5.78 Å². The SMILES string of the molecule is CCCOCC(=O)c1cc(F)ccc1Br. The van der Waals surface area contributed by atoms with E-state index in [-0.39, 0.29) is 12.4 Å². The lowest BCUT2D eigenvalue weighted by Crippen LogP contribution is -2.10. The summed E-state index contributed by atoms with van der Waals surface area (Å²) in [6, 6.07) is 4.03. The Balaban J connectivity index is 2.68. The lowest BCUT2D eigenvalue weighted by molar-refractivity contribution is 0.0760. The largest absolute Gasteiger partial charge is 0.373 e. The van der Waals surface area contributed by atoms with Crippen molar-refractivity contribution >= 4 is 21.7 Å². The molecule has 0 bridgehead atoms. The number of Topliss-reactive ketones (excluding diaryl/α,β-unsaturated/α-hetero) is 1. The highest BCUT2D eigenvalue weighted by Crippen LogP contribution is 2.18. The Kier molecular flexibility index (Phi) is 4.91. The van der Waals surface area contributed by atoms with Crippen LogP contribution in [0.4, 0.5) is 4.39 Å². The van der Waals surface area contributed by atoms with Crippen molar-refractivity contribution < 1.29 is 13.9 Å². The van der Waals surface area contributed by atoms with Gasteiger partial charge in [-0.25, -0.2) is 4.39 Å². The first-order valence-electron chi connectivity index (χ1n) is 4.71. The third kappa shape index (κ3) is 3.72. The number of hydrogen-bond acceptors (Lipinski definition) is 2. The fourth-order valence-corrected chi connectivity index (χ4v) is 1.57. The van der Waals surface area contributed by atoms with Crippen LogP contribution in [-0.2, 0) is 4.74 Å². The monoisotopic (exact) mass is 274 g/mol. The molecule has 0 aliphatic heterocycles. The maximum atomic E-state index is 12.9. The van der Waals surface area contributed by atoms with E-state index in [0.29, 0.717) is 16.6 Å². The van der Waals surface area contributed by atoms with Gasteiger partial charge in [0.25, 0.3) is 0 Å². The Morgan fingerprint density at radius 3 is 2.93 bits per heavy atom. The van der Waals surface area contributed by atoms with Crippen LogP contribution in [0.25, 0.3) is 0 Å². The number of rotatable bonds is 5. The second kappa shape index (κ2) is 5.98. The quantitative estimate of drug-likeness (QED) is 0.609. The van der Waals surface area contributed by atoms with Crippen LogP contribution in [0.3, 0.4) is 0 Å². The van der Waals surface area contributed by atoms with Gasteiger partial charge < -0.3 is 4.74 Å². The fourth-order valence-electron chi connectivity index (χ4n) is 1.10. The average Bonchev–Trinajstić information content (AvgIpc) is 2.22. The van der Waals surface area contributed by atoms with Gasteiger partial charge >= 0.3 is 0 Å². The summed E-state index contributed by atoms with van der Waals surface area (Å²) in [4.78, 5) is 11.6. The van der Waals surface area contributed by atoms with Crippen LogP contribution < -0.4 is 0 Å². The highest BCUT2D eigenvalue weighted by Gasteiger charge is 2.10. The molecule has 4 heteroatoms. The molecule has 0 N–H and O–H groups in total. The third-order valence-electron chi connectivity index (χ3n) is 1.81. The summed E-state index contributed by atoms with van der Waals surface area (Å²) in [5.41, 5.74) is 0.325. The van der Waals surface area contributed by atoms with E-state index in [4.69, 9.17) is 4.74 Å². The molecule has 0 atom stereocenters. The summed E-state index contributed by atoms with van der Waals surface area (Å²) in [5.74, 6) is -0.633. The van der Waals surface area contributed by atoms with Crippen molar-refractivity contribution in [3.8, 4) is 0 Å². The van der Waals surface area contributed by atoms with Crippen molar-refractivity contribution in [1.29, 1.82) is 0 Å². The van der Waals surface area contributed by atoms with E-state index in [1.165, 1.54) is 18.2 Å². The summed E-state index contributed by atoms with van der Waals surface area (Å²) < 4.78 is 18.6. The van der Waals surface area contributed by atoms with Gasteiger partial charge in [-0.15, -0.1) is 0 Å². The number of carbonyl (C=O) groups excluding carboxylic acids is 1. The molecule has 0 radical (unpaired) electrons. The number of halogens is 2. The van der Waals surface area contributed by atoms with Crippen LogP contribution in [0.5, 0.6) is 0 Å². The van der Waals surface area contributed by atoms with Crippen molar-refractivity contribution in [3.05, 3.63) is 34.1 Å². The lowest BCUT2D eigenvalue weighted by atomic mass is 10.1. The number of benzene rings is 1. The van der Waals surface area contributed by atoms with E-state index in [9.17, 15) is 9.18 Å². The van der Waals surface area contributed by atoms with Gasteiger partial charge in [0, 0.05) is 16.6 Å². The summed E-state index contributed by atoms with van der Waals surface area (Å²) in [6.45, 7) is 2.50. The first kappa shape index (κ1) is 12.3. The predicted octanol–water partition coefficient (Wildman–Crippen LogP) is 3.20. The van der Waals surface area contributed by atoms with Gasteiger partial charge in [0.2, 0.25) is 0 Å². The Morgan fingerprint density at radius 2 is 2.27 bits per heavy atom. The van der Waals surface area contributed by atoms with Crippen molar-refractivity contribution in [2.75, 3.05) is 13.2 Å². The normalized spacial score (nSPS) is 10.3. The maximum Gasteiger partial charge on any atom is 0.189 e. The van der Waals surface area contributed by atoms with Crippen LogP contribution in [0.15, 0.2) is 22.7 Å². The molecule has 1 aromatic carbocycles. The van der Waals surface area contributed by atoms with Crippen LogP contribution >= 0.6 is 15.9 Å². The van der Waals surface area contributed by atoms with Crippen LogP contribution in [0.1, 0.15) is 23.7 Å². The van der Waals surface area contributed by atoms with E-state index in [2.05, 4.69) is 15.9 Å². The van der Waals surface area contributed by atoms with Gasteiger partial charge in [0.1, 0.15) is 12.4 Å². The smallest absolute Gasteiger partial charge is 0.189 e. The third-order valence-corrected chi connectivity index (χ3v) is 2.50. The second-order valence-corrected chi connectivity index (χ2v) is 3.95. The van der Waals surface area contributed by atoms with Crippen molar-refractivity contribution in [3.63, 3.8) is 0 Å². The molecule has 0 aliphatic rings. The van der Waals surface area contributed by atoms with Gasteiger partial charge in [-0.3, -0.25) is 4.79 Å². The lowest BCUT2D eigenvalue weighted by Gasteiger charge is -2.04. The molecule has 0 unspecified atom stereocenters. The Morgan fingerprint density at radius 1 is 1.53 bits per heavy atom. The van der Waals surface area contributed by atoms with Gasteiger partial charge in [0.05, 0.1) is 0 Å². The zero-order valence-electron chi connectivity index (χ0n) is 8.43. The average molecular weight is 275 g/mol.